The van der Waals surface area contributed by atoms with Crippen molar-refractivity contribution >= 4 is 6.08 Å². The van der Waals surface area contributed by atoms with Crippen LogP contribution >= 0.6 is 0 Å². The highest BCUT2D eigenvalue weighted by atomic mass is 16.7. The van der Waals surface area contributed by atoms with Crippen LogP contribution in [0.3, 0.4) is 0 Å². The Labute approximate surface area is 97.5 Å². The number of hydrogen-bond donors (Lipinski definition) is 1. The number of nitrogens with zero attached hydrogens (tertiary/aromatic N) is 1. The minimum Gasteiger partial charge on any atom is -0.348 e. The quantitative estimate of drug-likeness (QED) is 0.818. The number of hydrogen-bond acceptors (Lipinski definition) is 4. The van der Waals surface area contributed by atoms with Gasteiger partial charge in [-0.3, -0.25) is 14.3 Å². The molecule has 2 heterocycles. The van der Waals surface area contributed by atoms with Gasteiger partial charge in [0.25, 0.3) is 5.56 Å². The van der Waals surface area contributed by atoms with Crippen LogP contribution < -0.4 is 11.2 Å². The van der Waals surface area contributed by atoms with Crippen molar-refractivity contribution in [1.82, 2.24) is 9.55 Å². The maximum atomic E-state index is 11.6. The molecule has 1 aromatic heterocycles. The lowest BCUT2D eigenvalue weighted by Gasteiger charge is -2.12. The highest BCUT2D eigenvalue weighted by Gasteiger charge is 2.26. The molecule has 2 rings (SSSR count). The average molecular weight is 237 g/mol. The first-order valence-corrected chi connectivity index (χ1v) is 5.33. The number of rotatable bonds is 3. The number of aromatic nitrogens is 2. The highest BCUT2D eigenvalue weighted by molar-refractivity contribution is 5.41. The fourth-order valence-corrected chi connectivity index (χ4v) is 1.64. The Bertz CT molecular complexity index is 531. The largest absolute Gasteiger partial charge is 0.348 e. The molecule has 91 valence electrons. The molecule has 17 heavy (non-hydrogen) atoms. The van der Waals surface area contributed by atoms with E-state index in [4.69, 9.17) is 16.1 Å². The SMILES string of the molecule is [CH]=Cc1cn([C@@H]2CO[C@H](CC)O2)c(=O)[nH]c1=O. The molecule has 6 heteroatoms. The standard InChI is InChI=1S/C11H13N2O4/c1-3-7-5-13(11(15)12-10(7)14)8-6-16-9(4-2)17-8/h1,3,5,8-9H,4,6H2,2H3,(H,12,14,15)/t8-,9-/m0/s1. The fourth-order valence-electron chi connectivity index (χ4n) is 1.64. The summed E-state index contributed by atoms with van der Waals surface area (Å²) in [5.74, 6) is 0. The Morgan fingerprint density at radius 2 is 2.41 bits per heavy atom. The minimum absolute atomic E-state index is 0.216. The second-order valence-corrected chi connectivity index (χ2v) is 3.68. The molecule has 0 saturated carbocycles. The average Bonchev–Trinajstić information content (AvgIpc) is 2.78. The van der Waals surface area contributed by atoms with Crippen LogP contribution in [-0.2, 0) is 9.47 Å². The van der Waals surface area contributed by atoms with Crippen LogP contribution in [0.1, 0.15) is 25.1 Å². The lowest BCUT2D eigenvalue weighted by Crippen LogP contribution is -2.34. The van der Waals surface area contributed by atoms with Crippen LogP contribution in [0.4, 0.5) is 0 Å². The zero-order chi connectivity index (χ0) is 12.4. The van der Waals surface area contributed by atoms with Crippen molar-refractivity contribution in [2.24, 2.45) is 0 Å². The van der Waals surface area contributed by atoms with Gasteiger partial charge in [0, 0.05) is 6.20 Å². The first-order valence-electron chi connectivity index (χ1n) is 5.33. The van der Waals surface area contributed by atoms with Crippen molar-refractivity contribution in [3.05, 3.63) is 39.2 Å². The van der Waals surface area contributed by atoms with E-state index >= 15 is 0 Å². The summed E-state index contributed by atoms with van der Waals surface area (Å²) in [4.78, 5) is 25.1. The minimum atomic E-state index is -0.536. The molecule has 1 fully saturated rings. The van der Waals surface area contributed by atoms with Gasteiger partial charge < -0.3 is 9.47 Å². The fraction of sp³-hybridized carbons (Fsp3) is 0.455. The Balaban J connectivity index is 2.36. The second kappa shape index (κ2) is 4.68. The maximum absolute atomic E-state index is 11.6. The van der Waals surface area contributed by atoms with E-state index in [-0.39, 0.29) is 18.5 Å². The summed E-state index contributed by atoms with van der Waals surface area (Å²) in [7, 11) is 0. The lowest BCUT2D eigenvalue weighted by atomic mass is 10.3. The molecule has 1 aliphatic heterocycles. The number of H-pyrrole nitrogens is 1. The van der Waals surface area contributed by atoms with Crippen LogP contribution in [0.25, 0.3) is 6.08 Å². The van der Waals surface area contributed by atoms with Gasteiger partial charge in [0.2, 0.25) is 0 Å². The monoisotopic (exact) mass is 237 g/mol. The summed E-state index contributed by atoms with van der Waals surface area (Å²) in [6, 6.07) is 0. The molecule has 0 bridgehead atoms. The van der Waals surface area contributed by atoms with E-state index < -0.39 is 17.5 Å². The van der Waals surface area contributed by atoms with Crippen molar-refractivity contribution < 1.29 is 9.47 Å². The van der Waals surface area contributed by atoms with E-state index in [0.29, 0.717) is 6.42 Å². The second-order valence-electron chi connectivity index (χ2n) is 3.68. The number of ether oxygens (including phenoxy) is 2. The third-order valence-electron chi connectivity index (χ3n) is 2.55. The summed E-state index contributed by atoms with van der Waals surface area (Å²) in [5, 5.41) is 0. The van der Waals surface area contributed by atoms with Crippen LogP contribution in [-0.4, -0.2) is 22.4 Å². The van der Waals surface area contributed by atoms with Gasteiger partial charge in [-0.2, -0.15) is 0 Å². The molecule has 2 atom stereocenters. The molecule has 1 N–H and O–H groups in total. The predicted molar refractivity (Wildman–Crippen MR) is 60.2 cm³/mol. The molecule has 0 aromatic carbocycles. The van der Waals surface area contributed by atoms with Gasteiger partial charge >= 0.3 is 5.69 Å². The van der Waals surface area contributed by atoms with Gasteiger partial charge in [-0.15, -0.1) is 0 Å². The van der Waals surface area contributed by atoms with Crippen LogP contribution in [0.2, 0.25) is 0 Å². The molecule has 1 aromatic rings. The first kappa shape index (κ1) is 11.8. The Kier molecular flexibility index (Phi) is 3.26. The topological polar surface area (TPSA) is 73.3 Å². The molecule has 1 saturated heterocycles. The molecule has 0 amide bonds. The summed E-state index contributed by atoms with van der Waals surface area (Å²) in [5.41, 5.74) is -0.834. The molecule has 6 nitrogen and oxygen atoms in total. The van der Waals surface area contributed by atoms with Gasteiger partial charge in [-0.1, -0.05) is 13.5 Å². The first-order chi connectivity index (χ1) is 8.15. The molecule has 1 radical (unpaired) electrons. The summed E-state index contributed by atoms with van der Waals surface area (Å²) < 4.78 is 12.1. The van der Waals surface area contributed by atoms with Crippen LogP contribution in [0, 0.1) is 6.58 Å². The van der Waals surface area contributed by atoms with Gasteiger partial charge in [-0.25, -0.2) is 4.79 Å². The predicted octanol–water partition coefficient (Wildman–Crippen LogP) is 0.264. The normalized spacial score (nSPS) is 23.8. The zero-order valence-electron chi connectivity index (χ0n) is 9.38. The van der Waals surface area contributed by atoms with Gasteiger partial charge in [-0.05, 0) is 12.5 Å². The van der Waals surface area contributed by atoms with Gasteiger partial charge in [0.15, 0.2) is 12.5 Å². The maximum Gasteiger partial charge on any atom is 0.330 e. The smallest absolute Gasteiger partial charge is 0.330 e. The third-order valence-corrected chi connectivity index (χ3v) is 2.55. The van der Waals surface area contributed by atoms with E-state index in [1.165, 1.54) is 10.8 Å². The Hall–Kier alpha value is -1.66. The molecule has 1 aliphatic rings. The van der Waals surface area contributed by atoms with Crippen molar-refractivity contribution in [2.45, 2.75) is 25.9 Å². The number of nitrogens with one attached hydrogen (secondary N) is 1. The summed E-state index contributed by atoms with van der Waals surface area (Å²) >= 11 is 0. The van der Waals surface area contributed by atoms with Gasteiger partial charge in [0.05, 0.1) is 12.2 Å². The molecular formula is C11H13N2O4. The van der Waals surface area contributed by atoms with E-state index in [9.17, 15) is 9.59 Å². The Morgan fingerprint density at radius 1 is 1.65 bits per heavy atom. The van der Waals surface area contributed by atoms with E-state index in [1.54, 1.807) is 0 Å². The highest BCUT2D eigenvalue weighted by Crippen LogP contribution is 2.21. The van der Waals surface area contributed by atoms with Crippen molar-refractivity contribution in [2.75, 3.05) is 6.61 Å². The van der Waals surface area contributed by atoms with Gasteiger partial charge in [0.1, 0.15) is 0 Å². The van der Waals surface area contributed by atoms with Crippen LogP contribution in [0.15, 0.2) is 15.8 Å². The van der Waals surface area contributed by atoms with Crippen molar-refractivity contribution in [3.63, 3.8) is 0 Å². The summed E-state index contributed by atoms with van der Waals surface area (Å²) in [6.07, 6.45) is 2.37. The Morgan fingerprint density at radius 3 is 3.00 bits per heavy atom. The van der Waals surface area contributed by atoms with E-state index in [1.807, 2.05) is 6.92 Å². The lowest BCUT2D eigenvalue weighted by molar-refractivity contribution is -0.0731. The molecule has 0 unspecified atom stereocenters. The number of aromatic amines is 1. The van der Waals surface area contributed by atoms with Crippen molar-refractivity contribution in [1.29, 1.82) is 0 Å². The summed E-state index contributed by atoms with van der Waals surface area (Å²) in [6.45, 7) is 7.48. The van der Waals surface area contributed by atoms with Crippen LogP contribution in [0.5, 0.6) is 0 Å². The molecule has 0 aliphatic carbocycles. The van der Waals surface area contributed by atoms with E-state index in [2.05, 4.69) is 4.98 Å². The van der Waals surface area contributed by atoms with E-state index in [0.717, 1.165) is 6.08 Å². The molecule has 0 spiro atoms. The molecular weight excluding hydrogens is 224 g/mol. The third kappa shape index (κ3) is 2.22. The zero-order valence-corrected chi connectivity index (χ0v) is 9.38. The van der Waals surface area contributed by atoms with Crippen molar-refractivity contribution in [3.8, 4) is 0 Å².